The molecule has 1 aliphatic carbocycles. The lowest BCUT2D eigenvalue weighted by molar-refractivity contribution is 0.769. The van der Waals surface area contributed by atoms with Gasteiger partial charge in [-0.05, 0) is 95.6 Å². The molecule has 0 heterocycles. The molecule has 0 aromatic heterocycles. The molecule has 0 aliphatic heterocycles. The fourth-order valence-electron chi connectivity index (χ4n) is 9.21. The minimum absolute atomic E-state index is 0.474. The van der Waals surface area contributed by atoms with E-state index in [2.05, 4.69) is 272 Å². The molecule has 1 aliphatic rings. The Kier molecular flexibility index (Phi) is 10.7. The number of rotatable bonds is 11. The van der Waals surface area contributed by atoms with Crippen LogP contribution in [0.1, 0.15) is 33.4 Å². The van der Waals surface area contributed by atoms with Crippen molar-refractivity contribution in [1.29, 1.82) is 0 Å². The van der Waals surface area contributed by atoms with Gasteiger partial charge in [0.2, 0.25) is 0 Å². The minimum atomic E-state index is -0.474. The molecular weight excluding hydrogens is 747 g/mol. The maximum Gasteiger partial charge on any atom is 0.0714 e. The Morgan fingerprint density at radius 1 is 0.371 bits per heavy atom. The van der Waals surface area contributed by atoms with Crippen molar-refractivity contribution in [3.05, 3.63) is 294 Å². The zero-order valence-corrected chi connectivity index (χ0v) is 34.4. The van der Waals surface area contributed by atoms with E-state index in [0.717, 1.165) is 22.4 Å². The molecule has 0 spiro atoms. The highest BCUT2D eigenvalue weighted by Gasteiger charge is 2.46. The maximum absolute atomic E-state index is 3.80. The first kappa shape index (κ1) is 38.2. The fourth-order valence-corrected chi connectivity index (χ4v) is 9.21. The van der Waals surface area contributed by atoms with Crippen LogP contribution in [0, 0.1) is 0 Å². The number of hydrogen-bond donors (Lipinski definition) is 1. The van der Waals surface area contributed by atoms with Gasteiger partial charge in [-0.3, -0.25) is 0 Å². The van der Waals surface area contributed by atoms with E-state index in [9.17, 15) is 0 Å². The summed E-state index contributed by atoms with van der Waals surface area (Å²) in [5.74, 6) is 0. The Morgan fingerprint density at radius 2 is 0.871 bits per heavy atom. The van der Waals surface area contributed by atoms with Crippen LogP contribution < -0.4 is 5.32 Å². The molecule has 0 radical (unpaired) electrons. The van der Waals surface area contributed by atoms with Crippen molar-refractivity contribution in [1.82, 2.24) is 0 Å². The van der Waals surface area contributed by atoms with E-state index in [1.807, 2.05) is 0 Å². The Labute approximate surface area is 365 Å². The Hall–Kier alpha value is -8.00. The Morgan fingerprint density at radius 3 is 1.56 bits per heavy atom. The molecule has 62 heavy (non-hydrogen) atoms. The van der Waals surface area contributed by atoms with Crippen molar-refractivity contribution in [3.63, 3.8) is 0 Å². The predicted octanol–water partition coefficient (Wildman–Crippen LogP) is 15.8. The van der Waals surface area contributed by atoms with Crippen LogP contribution in [0.15, 0.2) is 261 Å². The van der Waals surface area contributed by atoms with Crippen LogP contribution in [-0.2, 0) is 5.41 Å². The molecule has 0 amide bonds. The van der Waals surface area contributed by atoms with Crippen LogP contribution >= 0.6 is 0 Å². The zero-order valence-electron chi connectivity index (χ0n) is 34.4. The van der Waals surface area contributed by atoms with Crippen molar-refractivity contribution in [2.75, 3.05) is 5.32 Å². The smallest absolute Gasteiger partial charge is 0.0714 e. The van der Waals surface area contributed by atoms with E-state index in [1.54, 1.807) is 0 Å². The van der Waals surface area contributed by atoms with Gasteiger partial charge in [0.25, 0.3) is 0 Å². The summed E-state index contributed by atoms with van der Waals surface area (Å²) < 4.78 is 0. The van der Waals surface area contributed by atoms with Gasteiger partial charge in [0, 0.05) is 11.9 Å². The molecule has 10 rings (SSSR count). The average Bonchev–Trinajstić information content (AvgIpc) is 3.65. The van der Waals surface area contributed by atoms with E-state index < -0.39 is 5.41 Å². The second kappa shape index (κ2) is 17.3. The summed E-state index contributed by atoms with van der Waals surface area (Å²) in [4.78, 5) is 0. The summed E-state index contributed by atoms with van der Waals surface area (Å²) in [6.45, 7) is 0. The van der Waals surface area contributed by atoms with Crippen LogP contribution in [0.2, 0.25) is 0 Å². The standard InChI is InChI=1S/C61H45N/c1-5-21-45(22-6-1)46-37-39-49(40-38-46)55-33-17-18-34-56(55)50(27-14-13-25-48-26-15-16-32-54(48)47-23-7-2-8-24-47)44-62-53-41-42-58-57-35-19-20-36-59(57)61(60(58)43-53,51-28-9-3-10-29-51)52-30-11-4-12-31-52/h1-44,62H/b25-13-,27-14-,50-44-. The van der Waals surface area contributed by atoms with E-state index in [4.69, 9.17) is 0 Å². The first-order valence-corrected chi connectivity index (χ1v) is 21.3. The molecule has 1 nitrogen and oxygen atoms in total. The first-order chi connectivity index (χ1) is 30.8. The lowest BCUT2D eigenvalue weighted by atomic mass is 9.67. The van der Waals surface area contributed by atoms with Crippen LogP contribution in [0.4, 0.5) is 5.69 Å². The summed E-state index contributed by atoms with van der Waals surface area (Å²) in [5.41, 5.74) is 18.7. The quantitative estimate of drug-likeness (QED) is 0.129. The summed E-state index contributed by atoms with van der Waals surface area (Å²) >= 11 is 0. The molecule has 9 aromatic carbocycles. The van der Waals surface area contributed by atoms with Gasteiger partial charge in [0.05, 0.1) is 5.41 Å². The predicted molar refractivity (Wildman–Crippen MR) is 263 cm³/mol. The molecule has 0 fully saturated rings. The largest absolute Gasteiger partial charge is 0.361 e. The van der Waals surface area contributed by atoms with Gasteiger partial charge >= 0.3 is 0 Å². The lowest BCUT2D eigenvalue weighted by Crippen LogP contribution is -2.28. The van der Waals surface area contributed by atoms with Crippen molar-refractivity contribution in [2.45, 2.75) is 5.41 Å². The molecule has 294 valence electrons. The normalized spacial score (nSPS) is 12.9. The average molecular weight is 792 g/mol. The van der Waals surface area contributed by atoms with Crippen LogP contribution in [0.25, 0.3) is 56.2 Å². The fraction of sp³-hybridized carbons (Fsp3) is 0.0164. The molecule has 0 atom stereocenters. The Balaban J connectivity index is 1.06. The lowest BCUT2D eigenvalue weighted by Gasteiger charge is -2.34. The highest BCUT2D eigenvalue weighted by molar-refractivity contribution is 5.90. The highest BCUT2D eigenvalue weighted by atomic mass is 14.8. The van der Waals surface area contributed by atoms with Gasteiger partial charge in [-0.2, -0.15) is 0 Å². The number of benzene rings is 9. The summed E-state index contributed by atoms with van der Waals surface area (Å²) in [6, 6.07) is 85.1. The zero-order chi connectivity index (χ0) is 41.6. The van der Waals surface area contributed by atoms with E-state index in [0.29, 0.717) is 0 Å². The van der Waals surface area contributed by atoms with Gasteiger partial charge < -0.3 is 5.32 Å². The van der Waals surface area contributed by atoms with Crippen molar-refractivity contribution in [2.24, 2.45) is 0 Å². The number of nitrogens with one attached hydrogen (secondary N) is 1. The number of anilines is 1. The summed E-state index contributed by atoms with van der Waals surface area (Å²) in [6.07, 6.45) is 10.9. The molecule has 1 N–H and O–H groups in total. The second-order valence-corrected chi connectivity index (χ2v) is 15.7. The van der Waals surface area contributed by atoms with Crippen LogP contribution in [-0.4, -0.2) is 0 Å². The first-order valence-electron chi connectivity index (χ1n) is 21.3. The van der Waals surface area contributed by atoms with Gasteiger partial charge in [-0.15, -0.1) is 0 Å². The molecule has 0 saturated heterocycles. The van der Waals surface area contributed by atoms with Gasteiger partial charge in [-0.1, -0.05) is 249 Å². The molecule has 0 bridgehead atoms. The highest BCUT2D eigenvalue weighted by Crippen LogP contribution is 2.56. The second-order valence-electron chi connectivity index (χ2n) is 15.7. The van der Waals surface area contributed by atoms with Gasteiger partial charge in [-0.25, -0.2) is 0 Å². The third kappa shape index (κ3) is 7.31. The van der Waals surface area contributed by atoms with Crippen LogP contribution in [0.3, 0.4) is 0 Å². The third-order valence-corrected chi connectivity index (χ3v) is 12.1. The molecular formula is C61H45N. The minimum Gasteiger partial charge on any atom is -0.361 e. The molecule has 0 unspecified atom stereocenters. The number of fused-ring (bicyclic) bond motifs is 3. The van der Waals surface area contributed by atoms with Gasteiger partial charge in [0.1, 0.15) is 0 Å². The van der Waals surface area contributed by atoms with Gasteiger partial charge in [0.15, 0.2) is 0 Å². The van der Waals surface area contributed by atoms with E-state index in [1.165, 1.54) is 66.8 Å². The van der Waals surface area contributed by atoms with Crippen molar-refractivity contribution in [3.8, 4) is 44.5 Å². The molecule has 1 heteroatoms. The van der Waals surface area contributed by atoms with Crippen molar-refractivity contribution >= 4 is 17.3 Å². The third-order valence-electron chi connectivity index (χ3n) is 12.1. The van der Waals surface area contributed by atoms with E-state index in [-0.39, 0.29) is 0 Å². The Bertz CT molecular complexity index is 3010. The molecule has 9 aromatic rings. The summed E-state index contributed by atoms with van der Waals surface area (Å²) in [7, 11) is 0. The van der Waals surface area contributed by atoms with Crippen LogP contribution in [0.5, 0.6) is 0 Å². The molecule has 0 saturated carbocycles. The topological polar surface area (TPSA) is 12.0 Å². The monoisotopic (exact) mass is 791 g/mol. The number of hydrogen-bond acceptors (Lipinski definition) is 1. The SMILES string of the molecule is C(/C=C\c1ccccc1-c1ccccc1)=C/C(=C/Nc1ccc2c(c1)C(c1ccccc1)(c1ccccc1)c1ccccc1-2)c1ccccc1-c1ccc(-c2ccccc2)cc1. The summed E-state index contributed by atoms with van der Waals surface area (Å²) in [5, 5.41) is 3.80. The van der Waals surface area contributed by atoms with E-state index >= 15 is 0 Å². The number of allylic oxidation sites excluding steroid dienone is 4. The maximum atomic E-state index is 3.80. The van der Waals surface area contributed by atoms with Crippen molar-refractivity contribution < 1.29 is 0 Å².